The number of aromatic nitrogens is 1. The van der Waals surface area contributed by atoms with E-state index in [0.717, 1.165) is 37.6 Å². The zero-order valence-corrected chi connectivity index (χ0v) is 20.8. The summed E-state index contributed by atoms with van der Waals surface area (Å²) in [4.78, 5) is 30.8. The van der Waals surface area contributed by atoms with Gasteiger partial charge in [-0.2, -0.15) is 13.2 Å². The average molecular weight is 507 g/mol. The highest BCUT2D eigenvalue weighted by Crippen LogP contribution is 2.38. The van der Waals surface area contributed by atoms with E-state index in [9.17, 15) is 22.8 Å². The number of carbonyl (C=O) groups excluding carboxylic acids is 2. The van der Waals surface area contributed by atoms with Crippen LogP contribution in [0.4, 0.5) is 18.9 Å². The van der Waals surface area contributed by atoms with Gasteiger partial charge in [0.2, 0.25) is 5.91 Å². The Morgan fingerprint density at radius 3 is 2.36 bits per heavy atom. The van der Waals surface area contributed by atoms with Crippen LogP contribution in [0.3, 0.4) is 0 Å². The molecule has 1 aliphatic heterocycles. The van der Waals surface area contributed by atoms with Gasteiger partial charge in [0.05, 0.1) is 17.7 Å². The lowest BCUT2D eigenvalue weighted by Crippen LogP contribution is -2.43. The lowest BCUT2D eigenvalue weighted by molar-refractivity contribution is -0.138. The summed E-state index contributed by atoms with van der Waals surface area (Å²) in [6.07, 6.45) is 0.329. The molecule has 3 rings (SSSR count). The molecule has 1 aromatic carbocycles. The molecule has 0 atom stereocenters. The Morgan fingerprint density at radius 1 is 1.08 bits per heavy atom. The summed E-state index contributed by atoms with van der Waals surface area (Å²) < 4.78 is 46.8. The zero-order chi connectivity index (χ0) is 26.3. The van der Waals surface area contributed by atoms with Crippen LogP contribution in [-0.4, -0.2) is 53.5 Å². The Labute approximate surface area is 209 Å². The van der Waals surface area contributed by atoms with E-state index in [2.05, 4.69) is 15.6 Å². The highest BCUT2D eigenvalue weighted by atomic mass is 19.4. The molecule has 10 heteroatoms. The Hall–Kier alpha value is -3.14. The molecule has 0 saturated carbocycles. The number of piperidine rings is 1. The molecular formula is C26H33F3N4O3. The summed E-state index contributed by atoms with van der Waals surface area (Å²) in [5.41, 5.74) is -1.84. The van der Waals surface area contributed by atoms with Crippen LogP contribution in [-0.2, 0) is 22.3 Å². The topological polar surface area (TPSA) is 83.6 Å². The van der Waals surface area contributed by atoms with Crippen LogP contribution in [0.2, 0.25) is 0 Å². The van der Waals surface area contributed by atoms with Gasteiger partial charge in [0.15, 0.2) is 0 Å². The molecule has 0 aliphatic carbocycles. The molecule has 2 heterocycles. The van der Waals surface area contributed by atoms with E-state index in [4.69, 9.17) is 4.74 Å². The van der Waals surface area contributed by atoms with Crippen LogP contribution in [0.15, 0.2) is 42.7 Å². The number of carbonyl (C=O) groups is 2. The Morgan fingerprint density at radius 2 is 1.75 bits per heavy atom. The third kappa shape index (κ3) is 7.94. The molecule has 1 fully saturated rings. The predicted molar refractivity (Wildman–Crippen MR) is 130 cm³/mol. The molecule has 36 heavy (non-hydrogen) atoms. The molecule has 1 aromatic heterocycles. The van der Waals surface area contributed by atoms with Gasteiger partial charge >= 0.3 is 12.1 Å². The number of amides is 1. The van der Waals surface area contributed by atoms with Gasteiger partial charge in [-0.15, -0.1) is 0 Å². The van der Waals surface area contributed by atoms with Crippen molar-refractivity contribution in [2.75, 3.05) is 31.5 Å². The van der Waals surface area contributed by atoms with Gasteiger partial charge in [-0.05, 0) is 75.9 Å². The standard InChI is InChI=1S/C26H33F3N4O3/c1-25(2,3)36-24(35)20-5-4-6-21(23(20)26(27,28)29)32-17-22(34)33-13-9-19(10-14-33)16-31-15-18-7-11-30-12-8-18/h4-8,11-12,19,31-32H,9-10,13-17H2,1-3H3. The van der Waals surface area contributed by atoms with Crippen LogP contribution in [0, 0.1) is 5.92 Å². The number of nitrogens with one attached hydrogen (secondary N) is 2. The van der Waals surface area contributed by atoms with Crippen LogP contribution in [0.5, 0.6) is 0 Å². The molecule has 2 N–H and O–H groups in total. The van der Waals surface area contributed by atoms with E-state index in [1.165, 1.54) is 12.1 Å². The van der Waals surface area contributed by atoms with Gasteiger partial charge in [0, 0.05) is 37.7 Å². The number of hydrogen-bond donors (Lipinski definition) is 2. The number of likely N-dealkylation sites (tertiary alicyclic amines) is 1. The Balaban J connectivity index is 1.54. The summed E-state index contributed by atoms with van der Waals surface area (Å²) in [6, 6.07) is 7.54. The van der Waals surface area contributed by atoms with Crippen molar-refractivity contribution in [2.24, 2.45) is 5.92 Å². The van der Waals surface area contributed by atoms with Gasteiger partial charge in [-0.1, -0.05) is 6.07 Å². The number of hydrogen-bond acceptors (Lipinski definition) is 6. The van der Waals surface area contributed by atoms with E-state index >= 15 is 0 Å². The van der Waals surface area contributed by atoms with Crippen molar-refractivity contribution in [3.05, 3.63) is 59.4 Å². The second-order valence-corrected chi connectivity index (χ2v) is 9.89. The normalized spacial score (nSPS) is 15.0. The smallest absolute Gasteiger partial charge is 0.419 e. The molecule has 7 nitrogen and oxygen atoms in total. The second kappa shape index (κ2) is 11.7. The van der Waals surface area contributed by atoms with Gasteiger partial charge in [0.25, 0.3) is 0 Å². The van der Waals surface area contributed by atoms with Crippen molar-refractivity contribution in [1.29, 1.82) is 0 Å². The SMILES string of the molecule is CC(C)(C)OC(=O)c1cccc(NCC(=O)N2CCC(CNCc3ccncc3)CC2)c1C(F)(F)F. The van der Waals surface area contributed by atoms with Crippen molar-refractivity contribution in [1.82, 2.24) is 15.2 Å². The van der Waals surface area contributed by atoms with E-state index in [1.54, 1.807) is 38.1 Å². The number of esters is 1. The molecule has 196 valence electrons. The monoisotopic (exact) mass is 506 g/mol. The molecule has 2 aromatic rings. The molecule has 0 spiro atoms. The number of benzene rings is 1. The molecule has 1 saturated heterocycles. The lowest BCUT2D eigenvalue weighted by Gasteiger charge is -2.32. The fourth-order valence-corrected chi connectivity index (χ4v) is 4.10. The van der Waals surface area contributed by atoms with Gasteiger partial charge in [0.1, 0.15) is 5.60 Å². The minimum absolute atomic E-state index is 0.283. The summed E-state index contributed by atoms with van der Waals surface area (Å²) in [5, 5.41) is 6.03. The van der Waals surface area contributed by atoms with Crippen molar-refractivity contribution in [3.8, 4) is 0 Å². The first-order valence-corrected chi connectivity index (χ1v) is 12.0. The minimum Gasteiger partial charge on any atom is -0.456 e. The average Bonchev–Trinajstić information content (AvgIpc) is 2.81. The predicted octanol–water partition coefficient (Wildman–Crippen LogP) is 4.50. The maximum Gasteiger partial charge on any atom is 0.419 e. The summed E-state index contributed by atoms with van der Waals surface area (Å²) in [7, 11) is 0. The van der Waals surface area contributed by atoms with Crippen molar-refractivity contribution in [2.45, 2.75) is 51.9 Å². The molecule has 0 radical (unpaired) electrons. The lowest BCUT2D eigenvalue weighted by atomic mass is 9.96. The van der Waals surface area contributed by atoms with Crippen molar-refractivity contribution in [3.63, 3.8) is 0 Å². The fourth-order valence-electron chi connectivity index (χ4n) is 4.10. The number of nitrogens with zero attached hydrogens (tertiary/aromatic N) is 2. The van der Waals surface area contributed by atoms with Crippen molar-refractivity contribution >= 4 is 17.6 Å². The number of pyridine rings is 1. The third-order valence-corrected chi connectivity index (χ3v) is 5.88. The first-order valence-electron chi connectivity index (χ1n) is 12.0. The largest absolute Gasteiger partial charge is 0.456 e. The van der Waals surface area contributed by atoms with Crippen LogP contribution in [0.1, 0.15) is 55.1 Å². The number of halogens is 3. The minimum atomic E-state index is -4.81. The van der Waals surface area contributed by atoms with Crippen LogP contribution in [0.25, 0.3) is 0 Å². The summed E-state index contributed by atoms with van der Waals surface area (Å²) in [5.74, 6) is -0.926. The fraction of sp³-hybridized carbons (Fsp3) is 0.500. The highest BCUT2D eigenvalue weighted by molar-refractivity contribution is 5.94. The Bertz CT molecular complexity index is 1030. The Kier molecular flexibility index (Phi) is 8.94. The molecule has 0 bridgehead atoms. The quantitative estimate of drug-likeness (QED) is 0.513. The van der Waals surface area contributed by atoms with Gasteiger partial charge < -0.3 is 20.3 Å². The number of ether oxygens (including phenoxy) is 1. The number of rotatable bonds is 8. The molecule has 1 amide bonds. The number of alkyl halides is 3. The summed E-state index contributed by atoms with van der Waals surface area (Å²) in [6.45, 7) is 7.12. The highest BCUT2D eigenvalue weighted by Gasteiger charge is 2.39. The zero-order valence-electron chi connectivity index (χ0n) is 20.8. The second-order valence-electron chi connectivity index (χ2n) is 9.89. The maximum atomic E-state index is 13.9. The van der Waals surface area contributed by atoms with E-state index in [1.807, 2.05) is 12.1 Å². The molecule has 0 unspecified atom stereocenters. The first-order chi connectivity index (χ1) is 16.9. The maximum absolute atomic E-state index is 13.9. The van der Waals surface area contributed by atoms with Crippen LogP contribution < -0.4 is 10.6 Å². The van der Waals surface area contributed by atoms with Gasteiger partial charge in [-0.3, -0.25) is 9.78 Å². The molecular weight excluding hydrogens is 473 g/mol. The van der Waals surface area contributed by atoms with Gasteiger partial charge in [-0.25, -0.2) is 4.79 Å². The third-order valence-electron chi connectivity index (χ3n) is 5.88. The van der Waals surface area contributed by atoms with E-state index in [0.29, 0.717) is 19.0 Å². The van der Waals surface area contributed by atoms with E-state index < -0.39 is 28.9 Å². The number of anilines is 1. The van der Waals surface area contributed by atoms with Crippen molar-refractivity contribution < 1.29 is 27.5 Å². The first kappa shape index (κ1) is 27.4. The molecule has 1 aliphatic rings. The van der Waals surface area contributed by atoms with Crippen LogP contribution >= 0.6 is 0 Å². The summed E-state index contributed by atoms with van der Waals surface area (Å²) >= 11 is 0. The van der Waals surface area contributed by atoms with E-state index in [-0.39, 0.29) is 18.1 Å².